The van der Waals surface area contributed by atoms with E-state index in [0.717, 1.165) is 5.56 Å². The standard InChI is InChI=1S/C21H22O5/c1-4-23-18-13-17-19(21(25-6-3)20(18)24-5-2)15(22)12-16(26-17)14-10-8-7-9-11-14/h7-13H,4-6H2,1-3H3. The van der Waals surface area contributed by atoms with E-state index in [1.165, 1.54) is 6.07 Å². The molecule has 1 heterocycles. The minimum atomic E-state index is -0.183. The fraction of sp³-hybridized carbons (Fsp3) is 0.286. The first-order chi connectivity index (χ1) is 12.7. The molecule has 0 N–H and O–H groups in total. The second-order valence-corrected chi connectivity index (χ2v) is 5.55. The molecule has 0 amide bonds. The maximum atomic E-state index is 12.9. The highest BCUT2D eigenvalue weighted by Gasteiger charge is 2.21. The van der Waals surface area contributed by atoms with Gasteiger partial charge in [0.2, 0.25) is 5.75 Å². The zero-order chi connectivity index (χ0) is 18.5. The summed E-state index contributed by atoms with van der Waals surface area (Å²) in [6, 6.07) is 12.7. The third-order valence-electron chi connectivity index (χ3n) is 3.83. The van der Waals surface area contributed by atoms with E-state index < -0.39 is 0 Å². The van der Waals surface area contributed by atoms with Gasteiger partial charge in [-0.1, -0.05) is 30.3 Å². The van der Waals surface area contributed by atoms with Gasteiger partial charge in [0.05, 0.1) is 19.8 Å². The molecule has 5 nitrogen and oxygen atoms in total. The molecule has 26 heavy (non-hydrogen) atoms. The fourth-order valence-corrected chi connectivity index (χ4v) is 2.82. The molecule has 1 aromatic heterocycles. The van der Waals surface area contributed by atoms with Crippen LogP contribution in [0.2, 0.25) is 0 Å². The zero-order valence-corrected chi connectivity index (χ0v) is 15.2. The first-order valence-corrected chi connectivity index (χ1v) is 8.78. The Hall–Kier alpha value is -2.95. The smallest absolute Gasteiger partial charge is 0.204 e. The monoisotopic (exact) mass is 354 g/mol. The minimum Gasteiger partial charge on any atom is -0.490 e. The molecular formula is C21H22O5. The molecule has 0 spiro atoms. The summed E-state index contributed by atoms with van der Waals surface area (Å²) in [6.07, 6.45) is 0. The number of benzene rings is 2. The molecule has 0 saturated heterocycles. The van der Waals surface area contributed by atoms with Gasteiger partial charge in [-0.25, -0.2) is 0 Å². The Kier molecular flexibility index (Phi) is 5.46. The largest absolute Gasteiger partial charge is 0.490 e. The van der Waals surface area contributed by atoms with Crippen molar-refractivity contribution in [2.24, 2.45) is 0 Å². The van der Waals surface area contributed by atoms with Gasteiger partial charge in [-0.05, 0) is 20.8 Å². The molecule has 3 rings (SSSR count). The van der Waals surface area contributed by atoms with Gasteiger partial charge in [0.15, 0.2) is 16.9 Å². The molecule has 0 aliphatic rings. The van der Waals surface area contributed by atoms with Crippen molar-refractivity contribution in [1.29, 1.82) is 0 Å². The van der Waals surface area contributed by atoms with Gasteiger partial charge in [-0.2, -0.15) is 0 Å². The third kappa shape index (κ3) is 3.38. The van der Waals surface area contributed by atoms with Gasteiger partial charge in [-0.3, -0.25) is 4.79 Å². The molecule has 0 bridgehead atoms. The lowest BCUT2D eigenvalue weighted by Gasteiger charge is -2.17. The molecule has 3 aromatic rings. The first-order valence-electron chi connectivity index (χ1n) is 8.78. The summed E-state index contributed by atoms with van der Waals surface area (Å²) >= 11 is 0. The number of hydrogen-bond acceptors (Lipinski definition) is 5. The van der Waals surface area contributed by atoms with Crippen LogP contribution < -0.4 is 19.6 Å². The quantitative estimate of drug-likeness (QED) is 0.618. The molecule has 136 valence electrons. The lowest BCUT2D eigenvalue weighted by molar-refractivity contribution is 0.262. The number of hydrogen-bond donors (Lipinski definition) is 0. The van der Waals surface area contributed by atoms with E-state index in [2.05, 4.69) is 0 Å². The normalized spacial score (nSPS) is 10.7. The van der Waals surface area contributed by atoms with Crippen LogP contribution in [0, 0.1) is 0 Å². The van der Waals surface area contributed by atoms with Crippen molar-refractivity contribution >= 4 is 11.0 Å². The van der Waals surface area contributed by atoms with Crippen LogP contribution in [0.4, 0.5) is 0 Å². The van der Waals surface area contributed by atoms with Crippen LogP contribution in [0.15, 0.2) is 51.7 Å². The Morgan fingerprint density at radius 3 is 2.15 bits per heavy atom. The highest BCUT2D eigenvalue weighted by atomic mass is 16.5. The van der Waals surface area contributed by atoms with Gasteiger partial charge in [0.25, 0.3) is 0 Å². The zero-order valence-electron chi connectivity index (χ0n) is 15.2. The average Bonchev–Trinajstić information content (AvgIpc) is 2.65. The highest BCUT2D eigenvalue weighted by molar-refractivity contribution is 5.90. The van der Waals surface area contributed by atoms with E-state index in [1.807, 2.05) is 51.1 Å². The van der Waals surface area contributed by atoms with Crippen molar-refractivity contribution in [3.8, 4) is 28.6 Å². The lowest BCUT2D eigenvalue weighted by atomic mass is 10.1. The topological polar surface area (TPSA) is 57.9 Å². The molecule has 0 fully saturated rings. The molecule has 0 aliphatic carbocycles. The summed E-state index contributed by atoms with van der Waals surface area (Å²) in [5.74, 6) is 1.79. The average molecular weight is 354 g/mol. The van der Waals surface area contributed by atoms with Gasteiger partial charge in [-0.15, -0.1) is 0 Å². The second kappa shape index (κ2) is 7.95. The van der Waals surface area contributed by atoms with E-state index in [4.69, 9.17) is 18.6 Å². The maximum Gasteiger partial charge on any atom is 0.204 e. The van der Waals surface area contributed by atoms with Crippen LogP contribution in [-0.2, 0) is 0 Å². The van der Waals surface area contributed by atoms with Crippen LogP contribution in [0.1, 0.15) is 20.8 Å². The Labute approximate surface area is 152 Å². The van der Waals surface area contributed by atoms with Crippen molar-refractivity contribution in [2.75, 3.05) is 19.8 Å². The van der Waals surface area contributed by atoms with Crippen LogP contribution in [-0.4, -0.2) is 19.8 Å². The number of rotatable bonds is 7. The first kappa shape index (κ1) is 17.9. The summed E-state index contributed by atoms with van der Waals surface area (Å²) in [6.45, 7) is 6.89. The predicted molar refractivity (Wildman–Crippen MR) is 101 cm³/mol. The van der Waals surface area contributed by atoms with Gasteiger partial charge in [0.1, 0.15) is 16.7 Å². The summed E-state index contributed by atoms with van der Waals surface area (Å²) in [7, 11) is 0. The van der Waals surface area contributed by atoms with Crippen LogP contribution in [0.25, 0.3) is 22.3 Å². The van der Waals surface area contributed by atoms with Gasteiger partial charge >= 0.3 is 0 Å². The molecule has 0 saturated carbocycles. The lowest BCUT2D eigenvalue weighted by Crippen LogP contribution is -2.08. The predicted octanol–water partition coefficient (Wildman–Crippen LogP) is 4.66. The van der Waals surface area contributed by atoms with Crippen molar-refractivity contribution in [2.45, 2.75) is 20.8 Å². The van der Waals surface area contributed by atoms with Crippen molar-refractivity contribution in [3.05, 3.63) is 52.7 Å². The van der Waals surface area contributed by atoms with Crippen molar-refractivity contribution in [3.63, 3.8) is 0 Å². The fourth-order valence-electron chi connectivity index (χ4n) is 2.82. The molecule has 0 aliphatic heterocycles. The Balaban J connectivity index is 2.31. The van der Waals surface area contributed by atoms with E-state index in [1.54, 1.807) is 6.07 Å². The number of ether oxygens (including phenoxy) is 3. The van der Waals surface area contributed by atoms with E-state index in [-0.39, 0.29) is 5.43 Å². The van der Waals surface area contributed by atoms with Crippen molar-refractivity contribution < 1.29 is 18.6 Å². The Morgan fingerprint density at radius 1 is 0.846 bits per heavy atom. The summed E-state index contributed by atoms with van der Waals surface area (Å²) in [5.41, 5.74) is 1.06. The Morgan fingerprint density at radius 2 is 1.50 bits per heavy atom. The summed E-state index contributed by atoms with van der Waals surface area (Å²) in [5, 5.41) is 0.360. The van der Waals surface area contributed by atoms with Crippen LogP contribution in [0.5, 0.6) is 17.2 Å². The molecule has 5 heteroatoms. The molecule has 2 aromatic carbocycles. The van der Waals surface area contributed by atoms with Gasteiger partial charge < -0.3 is 18.6 Å². The van der Waals surface area contributed by atoms with Crippen LogP contribution >= 0.6 is 0 Å². The van der Waals surface area contributed by atoms with Gasteiger partial charge in [0, 0.05) is 17.7 Å². The molecular weight excluding hydrogens is 332 g/mol. The van der Waals surface area contributed by atoms with Crippen molar-refractivity contribution in [1.82, 2.24) is 0 Å². The maximum absolute atomic E-state index is 12.9. The Bertz CT molecular complexity index is 944. The van der Waals surface area contributed by atoms with Crippen LogP contribution in [0.3, 0.4) is 0 Å². The molecule has 0 unspecified atom stereocenters. The minimum absolute atomic E-state index is 0.183. The third-order valence-corrected chi connectivity index (χ3v) is 3.83. The van der Waals surface area contributed by atoms with E-state index in [0.29, 0.717) is 53.8 Å². The molecule has 0 radical (unpaired) electrons. The summed E-state index contributed by atoms with van der Waals surface area (Å²) in [4.78, 5) is 12.9. The van der Waals surface area contributed by atoms with E-state index in [9.17, 15) is 4.79 Å². The number of fused-ring (bicyclic) bond motifs is 1. The molecule has 0 atom stereocenters. The SMILES string of the molecule is CCOc1cc2oc(-c3ccccc3)cc(=O)c2c(OCC)c1OCC. The second-order valence-electron chi connectivity index (χ2n) is 5.55. The summed E-state index contributed by atoms with van der Waals surface area (Å²) < 4.78 is 23.2. The highest BCUT2D eigenvalue weighted by Crippen LogP contribution is 2.43. The van der Waals surface area contributed by atoms with E-state index >= 15 is 0 Å².